The molecular formula is C22H30N4O5S2. The van der Waals surface area contributed by atoms with Crippen LogP contribution in [0.2, 0.25) is 0 Å². The van der Waals surface area contributed by atoms with Crippen LogP contribution in [-0.4, -0.2) is 60.9 Å². The highest BCUT2D eigenvalue weighted by molar-refractivity contribution is 7.99. The molecule has 9 nitrogen and oxygen atoms in total. The molecule has 1 heterocycles. The number of nitrogens with zero attached hydrogens (tertiary/aromatic N) is 2. The Morgan fingerprint density at radius 1 is 1.24 bits per heavy atom. The molecule has 180 valence electrons. The van der Waals surface area contributed by atoms with Gasteiger partial charge in [-0.05, 0) is 50.1 Å². The molecule has 11 heteroatoms. The lowest BCUT2D eigenvalue weighted by Crippen LogP contribution is -2.43. The monoisotopic (exact) mass is 494 g/mol. The van der Waals surface area contributed by atoms with Crippen molar-refractivity contribution < 1.29 is 18.4 Å². The minimum Gasteiger partial charge on any atom is -0.395 e. The number of thioether (sulfide) groups is 1. The fraction of sp³-hybridized carbons (Fsp3) is 0.455. The maximum atomic E-state index is 11.6. The minimum atomic E-state index is -4.05. The molecule has 0 amide bonds. The van der Waals surface area contributed by atoms with Gasteiger partial charge in [-0.15, -0.1) is 11.8 Å². The van der Waals surface area contributed by atoms with Crippen molar-refractivity contribution >= 4 is 33.2 Å². The van der Waals surface area contributed by atoms with Crippen LogP contribution in [-0.2, 0) is 10.0 Å². The van der Waals surface area contributed by atoms with Gasteiger partial charge >= 0.3 is 0 Å². The van der Waals surface area contributed by atoms with Crippen LogP contribution in [0.1, 0.15) is 25.7 Å². The summed E-state index contributed by atoms with van der Waals surface area (Å²) < 4.78 is 23.3. The highest BCUT2D eigenvalue weighted by Gasteiger charge is 2.24. The number of hydrogen-bond acceptors (Lipinski definition) is 8. The van der Waals surface area contributed by atoms with E-state index < -0.39 is 14.9 Å². The normalized spacial score (nSPS) is 18.1. The second kappa shape index (κ2) is 11.8. The van der Waals surface area contributed by atoms with Gasteiger partial charge < -0.3 is 10.4 Å². The van der Waals surface area contributed by atoms with Crippen LogP contribution in [0.4, 0.5) is 11.4 Å². The Kier molecular flexibility index (Phi) is 9.10. The lowest BCUT2D eigenvalue weighted by Gasteiger charge is -2.35. The third kappa shape index (κ3) is 7.41. The number of nitro groups is 1. The number of nitrogens with one attached hydrogen (secondary N) is 1. The van der Waals surface area contributed by atoms with Gasteiger partial charge in [-0.3, -0.25) is 15.0 Å². The molecule has 0 aromatic heterocycles. The summed E-state index contributed by atoms with van der Waals surface area (Å²) in [6.07, 6.45) is 3.88. The van der Waals surface area contributed by atoms with E-state index in [0.29, 0.717) is 12.2 Å². The van der Waals surface area contributed by atoms with Gasteiger partial charge in [0.15, 0.2) is 0 Å². The molecule has 3 rings (SSSR count). The Morgan fingerprint density at radius 2 is 2.00 bits per heavy atom. The van der Waals surface area contributed by atoms with E-state index in [9.17, 15) is 23.6 Å². The molecule has 2 aromatic rings. The number of anilines is 1. The Hall–Kier alpha value is -2.18. The molecule has 1 aliphatic rings. The van der Waals surface area contributed by atoms with Gasteiger partial charge in [0.25, 0.3) is 5.69 Å². The van der Waals surface area contributed by atoms with Crippen molar-refractivity contribution in [1.82, 2.24) is 4.90 Å². The first-order valence-corrected chi connectivity index (χ1v) is 13.4. The lowest BCUT2D eigenvalue weighted by molar-refractivity contribution is -0.384. The number of aliphatic hydroxyl groups is 1. The molecule has 0 bridgehead atoms. The van der Waals surface area contributed by atoms with Crippen molar-refractivity contribution in [3.05, 3.63) is 58.6 Å². The van der Waals surface area contributed by atoms with Gasteiger partial charge in [-0.25, -0.2) is 13.6 Å². The van der Waals surface area contributed by atoms with Gasteiger partial charge in [-0.2, -0.15) is 0 Å². The standard InChI is InChI=1S/C22H30N4O5S2/c23-33(30,31)20-9-10-21(22(14-20)26(28)29)24-17(16-32-19-7-2-1-3-8-19)11-13-25-12-5-4-6-18(25)15-27/h1-3,7-10,14,17-18,24,27H,4-6,11-13,15-16H2,(H2,23,30,31)/t17-,18?/m1/s1. The first-order chi connectivity index (χ1) is 15.8. The number of likely N-dealkylation sites (tertiary alicyclic amines) is 1. The van der Waals surface area contributed by atoms with E-state index in [-0.39, 0.29) is 35.0 Å². The van der Waals surface area contributed by atoms with Crippen molar-refractivity contribution in [2.75, 3.05) is 30.8 Å². The molecule has 0 radical (unpaired) electrons. The molecule has 0 aliphatic carbocycles. The van der Waals surface area contributed by atoms with E-state index in [1.807, 2.05) is 30.3 Å². The molecule has 4 N–H and O–H groups in total. The fourth-order valence-electron chi connectivity index (χ4n) is 3.97. The number of nitro benzene ring substituents is 1. The molecule has 2 atom stereocenters. The van der Waals surface area contributed by atoms with E-state index in [1.54, 1.807) is 11.8 Å². The van der Waals surface area contributed by atoms with Crippen LogP contribution in [0, 0.1) is 10.1 Å². The predicted octanol–water partition coefficient (Wildman–Crippen LogP) is 3.05. The summed E-state index contributed by atoms with van der Waals surface area (Å²) in [5.74, 6) is 0.662. The summed E-state index contributed by atoms with van der Waals surface area (Å²) in [5, 5.41) is 29.8. The molecule has 2 aromatic carbocycles. The SMILES string of the molecule is NS(=O)(=O)c1ccc(N[C@H](CCN2CCCCC2CO)CSc2ccccc2)c([N+](=O)[O-])c1. The zero-order chi connectivity index (χ0) is 23.8. The second-order valence-electron chi connectivity index (χ2n) is 8.10. The first kappa shape index (κ1) is 25.4. The van der Waals surface area contributed by atoms with Gasteiger partial charge in [0.2, 0.25) is 10.0 Å². The Balaban J connectivity index is 1.78. The van der Waals surface area contributed by atoms with Gasteiger partial charge in [0, 0.05) is 35.3 Å². The minimum absolute atomic E-state index is 0.115. The van der Waals surface area contributed by atoms with Crippen molar-refractivity contribution in [2.45, 2.75) is 47.6 Å². The maximum absolute atomic E-state index is 11.6. The summed E-state index contributed by atoms with van der Waals surface area (Å²) in [6, 6.07) is 13.6. The molecule has 33 heavy (non-hydrogen) atoms. The number of benzene rings is 2. The number of primary sulfonamides is 1. The molecule has 0 spiro atoms. The zero-order valence-electron chi connectivity index (χ0n) is 18.3. The Morgan fingerprint density at radius 3 is 2.67 bits per heavy atom. The average Bonchev–Trinajstić information content (AvgIpc) is 2.81. The molecule has 1 aliphatic heterocycles. The van der Waals surface area contributed by atoms with Crippen molar-refractivity contribution in [2.24, 2.45) is 5.14 Å². The number of piperidine rings is 1. The Bertz CT molecular complexity index is 1040. The maximum Gasteiger partial charge on any atom is 0.293 e. The molecule has 1 saturated heterocycles. The van der Waals surface area contributed by atoms with E-state index in [2.05, 4.69) is 10.2 Å². The molecule has 0 saturated carbocycles. The predicted molar refractivity (Wildman–Crippen MR) is 130 cm³/mol. The topological polar surface area (TPSA) is 139 Å². The Labute approximate surface area is 198 Å². The number of aliphatic hydroxyl groups excluding tert-OH is 1. The van der Waals surface area contributed by atoms with Gasteiger partial charge in [0.05, 0.1) is 16.4 Å². The van der Waals surface area contributed by atoms with Crippen LogP contribution in [0.15, 0.2) is 58.3 Å². The van der Waals surface area contributed by atoms with Crippen LogP contribution in [0.5, 0.6) is 0 Å². The van der Waals surface area contributed by atoms with Gasteiger partial charge in [-0.1, -0.05) is 24.6 Å². The second-order valence-corrected chi connectivity index (χ2v) is 10.8. The van der Waals surface area contributed by atoms with Crippen LogP contribution >= 0.6 is 11.8 Å². The number of hydrogen-bond donors (Lipinski definition) is 3. The first-order valence-electron chi connectivity index (χ1n) is 10.9. The number of sulfonamides is 1. The quantitative estimate of drug-likeness (QED) is 0.246. The van der Waals surface area contributed by atoms with Crippen molar-refractivity contribution in [3.63, 3.8) is 0 Å². The summed E-state index contributed by atoms with van der Waals surface area (Å²) in [4.78, 5) is 14.1. The van der Waals surface area contributed by atoms with E-state index in [0.717, 1.165) is 43.3 Å². The highest BCUT2D eigenvalue weighted by Crippen LogP contribution is 2.30. The highest BCUT2D eigenvalue weighted by atomic mass is 32.2. The number of rotatable bonds is 11. The molecule has 1 unspecified atom stereocenters. The van der Waals surface area contributed by atoms with Crippen LogP contribution < -0.4 is 10.5 Å². The third-order valence-electron chi connectivity index (χ3n) is 5.77. The van der Waals surface area contributed by atoms with E-state index >= 15 is 0 Å². The lowest BCUT2D eigenvalue weighted by atomic mass is 10.0. The fourth-order valence-corrected chi connectivity index (χ4v) is 5.50. The molecule has 1 fully saturated rings. The summed E-state index contributed by atoms with van der Waals surface area (Å²) >= 11 is 1.65. The average molecular weight is 495 g/mol. The third-order valence-corrected chi connectivity index (χ3v) is 7.86. The number of nitrogens with two attached hydrogens (primary N) is 1. The van der Waals surface area contributed by atoms with Crippen LogP contribution in [0.3, 0.4) is 0 Å². The van der Waals surface area contributed by atoms with Crippen LogP contribution in [0.25, 0.3) is 0 Å². The van der Waals surface area contributed by atoms with E-state index in [1.165, 1.54) is 12.1 Å². The molecular weight excluding hydrogens is 464 g/mol. The summed E-state index contributed by atoms with van der Waals surface area (Å²) in [5.41, 5.74) is -0.0779. The smallest absolute Gasteiger partial charge is 0.293 e. The largest absolute Gasteiger partial charge is 0.395 e. The van der Waals surface area contributed by atoms with E-state index in [4.69, 9.17) is 5.14 Å². The van der Waals surface area contributed by atoms with Crippen molar-refractivity contribution in [3.8, 4) is 0 Å². The van der Waals surface area contributed by atoms with Gasteiger partial charge in [0.1, 0.15) is 5.69 Å². The zero-order valence-corrected chi connectivity index (χ0v) is 19.9. The van der Waals surface area contributed by atoms with Crippen molar-refractivity contribution in [1.29, 1.82) is 0 Å². The summed E-state index contributed by atoms with van der Waals surface area (Å²) in [7, 11) is -4.05. The summed E-state index contributed by atoms with van der Waals surface area (Å²) in [6.45, 7) is 1.80.